The van der Waals surface area contributed by atoms with E-state index in [2.05, 4.69) is 15.3 Å². The summed E-state index contributed by atoms with van der Waals surface area (Å²) in [6, 6.07) is 4.37. The van der Waals surface area contributed by atoms with Crippen LogP contribution in [-0.2, 0) is 0 Å². The number of nitrogens with zero attached hydrogens (tertiary/aromatic N) is 2. The zero-order valence-electron chi connectivity index (χ0n) is 12.0. The molecule has 0 amide bonds. The molecule has 0 unspecified atom stereocenters. The van der Waals surface area contributed by atoms with Gasteiger partial charge >= 0.3 is 6.08 Å². The Hall–Kier alpha value is -2.30. The Morgan fingerprint density at radius 2 is 2.10 bits per heavy atom. The van der Waals surface area contributed by atoms with Gasteiger partial charge in [0.2, 0.25) is 0 Å². The van der Waals surface area contributed by atoms with Crippen molar-refractivity contribution in [1.29, 1.82) is 0 Å². The van der Waals surface area contributed by atoms with Crippen LogP contribution in [0.3, 0.4) is 0 Å². The van der Waals surface area contributed by atoms with Gasteiger partial charge in [-0.2, -0.15) is 9.37 Å². The van der Waals surface area contributed by atoms with Crippen molar-refractivity contribution in [1.82, 2.24) is 9.97 Å². The minimum Gasteiger partial charge on any atom is -0.366 e. The summed E-state index contributed by atoms with van der Waals surface area (Å²) in [6.45, 7) is 4.43. The smallest absolute Gasteiger partial charge is 0.311 e. The summed E-state index contributed by atoms with van der Waals surface area (Å²) in [4.78, 5) is 7.29. The average Bonchev–Trinajstić information content (AvgIpc) is 2.47. The first-order valence-corrected chi connectivity index (χ1v) is 6.82. The van der Waals surface area contributed by atoms with E-state index in [-0.39, 0.29) is 16.7 Å². The molecular formula is C16H17F2N3. The number of fused-ring (bicyclic) bond motifs is 1. The Labute approximate surface area is 122 Å². The highest BCUT2D eigenvalue weighted by Gasteiger charge is 2.11. The van der Waals surface area contributed by atoms with Gasteiger partial charge in [-0.05, 0) is 25.5 Å². The molecule has 0 bridgehead atoms. The molecule has 21 heavy (non-hydrogen) atoms. The second-order valence-electron chi connectivity index (χ2n) is 4.53. The molecule has 1 aromatic heterocycles. The molecular weight excluding hydrogens is 272 g/mol. The molecule has 0 aliphatic heterocycles. The van der Waals surface area contributed by atoms with E-state index in [4.69, 9.17) is 0 Å². The van der Waals surface area contributed by atoms with E-state index >= 15 is 0 Å². The molecule has 0 aliphatic rings. The van der Waals surface area contributed by atoms with Crippen LogP contribution in [0.25, 0.3) is 10.9 Å². The van der Waals surface area contributed by atoms with E-state index in [0.29, 0.717) is 6.54 Å². The van der Waals surface area contributed by atoms with Crippen LogP contribution < -0.4 is 5.32 Å². The van der Waals surface area contributed by atoms with Crippen molar-refractivity contribution < 1.29 is 8.78 Å². The Morgan fingerprint density at radius 3 is 2.81 bits per heavy atom. The molecule has 1 N–H and O–H groups in total. The number of aromatic nitrogens is 2. The molecule has 2 aromatic rings. The molecule has 0 spiro atoms. The second-order valence-corrected chi connectivity index (χ2v) is 4.53. The predicted molar refractivity (Wildman–Crippen MR) is 81.1 cm³/mol. The van der Waals surface area contributed by atoms with Gasteiger partial charge in [0, 0.05) is 6.54 Å². The molecule has 1 aromatic carbocycles. The van der Waals surface area contributed by atoms with Gasteiger partial charge in [0.1, 0.15) is 11.6 Å². The van der Waals surface area contributed by atoms with Crippen molar-refractivity contribution in [3.63, 3.8) is 0 Å². The lowest BCUT2D eigenvalue weighted by Gasteiger charge is -2.10. The summed E-state index contributed by atoms with van der Waals surface area (Å²) < 4.78 is 27.3. The number of rotatable bonds is 5. The minimum atomic E-state index is -0.869. The maximum atomic E-state index is 13.9. The van der Waals surface area contributed by atoms with Crippen LogP contribution in [0, 0.1) is 11.9 Å². The van der Waals surface area contributed by atoms with Crippen molar-refractivity contribution in [2.75, 3.05) is 11.9 Å². The van der Waals surface area contributed by atoms with Crippen LogP contribution in [0.1, 0.15) is 20.3 Å². The molecule has 0 radical (unpaired) electrons. The van der Waals surface area contributed by atoms with Crippen LogP contribution in [0.15, 0.2) is 42.0 Å². The van der Waals surface area contributed by atoms with Gasteiger partial charge in [0.15, 0.2) is 0 Å². The average molecular weight is 289 g/mol. The fourth-order valence-corrected chi connectivity index (χ4v) is 1.97. The maximum absolute atomic E-state index is 13.9. The molecule has 0 saturated heterocycles. The van der Waals surface area contributed by atoms with Gasteiger partial charge in [-0.15, -0.1) is 0 Å². The Kier molecular flexibility index (Phi) is 4.98. The fraction of sp³-hybridized carbons (Fsp3) is 0.250. The number of anilines is 1. The lowest BCUT2D eigenvalue weighted by molar-refractivity contribution is 0.545. The largest absolute Gasteiger partial charge is 0.366 e. The van der Waals surface area contributed by atoms with Crippen LogP contribution >= 0.6 is 0 Å². The van der Waals surface area contributed by atoms with Crippen molar-refractivity contribution in [2.24, 2.45) is 0 Å². The SMILES string of the molecule is C/C=C\C=C(/CC)CNc1nc(F)nc2cccc(F)c12. The van der Waals surface area contributed by atoms with Gasteiger partial charge in [-0.3, -0.25) is 0 Å². The summed E-state index contributed by atoms with van der Waals surface area (Å²) in [7, 11) is 0. The predicted octanol–water partition coefficient (Wildman–Crippen LogP) is 4.23. The maximum Gasteiger partial charge on any atom is 0.311 e. The Balaban J connectivity index is 2.34. The van der Waals surface area contributed by atoms with Crippen molar-refractivity contribution in [3.8, 4) is 0 Å². The van der Waals surface area contributed by atoms with Crippen LogP contribution in [0.4, 0.5) is 14.6 Å². The van der Waals surface area contributed by atoms with Crippen LogP contribution in [-0.4, -0.2) is 16.5 Å². The van der Waals surface area contributed by atoms with E-state index in [0.717, 1.165) is 12.0 Å². The molecule has 110 valence electrons. The van der Waals surface area contributed by atoms with E-state index < -0.39 is 11.9 Å². The summed E-state index contributed by atoms with van der Waals surface area (Å²) >= 11 is 0. The summed E-state index contributed by atoms with van der Waals surface area (Å²) in [5, 5.41) is 3.20. The van der Waals surface area contributed by atoms with Gasteiger partial charge in [-0.25, -0.2) is 9.37 Å². The second kappa shape index (κ2) is 6.92. The highest BCUT2D eigenvalue weighted by atomic mass is 19.1. The molecule has 2 rings (SSSR count). The lowest BCUT2D eigenvalue weighted by atomic mass is 10.1. The topological polar surface area (TPSA) is 37.8 Å². The first-order valence-electron chi connectivity index (χ1n) is 6.82. The molecule has 0 aliphatic carbocycles. The van der Waals surface area contributed by atoms with Gasteiger partial charge < -0.3 is 5.32 Å². The molecule has 0 fully saturated rings. The van der Waals surface area contributed by atoms with E-state index in [1.807, 2.05) is 32.1 Å². The summed E-state index contributed by atoms with van der Waals surface area (Å²) in [5.41, 5.74) is 1.36. The third-order valence-corrected chi connectivity index (χ3v) is 3.11. The van der Waals surface area contributed by atoms with Crippen molar-refractivity contribution >= 4 is 16.7 Å². The first-order chi connectivity index (χ1) is 10.2. The summed E-state index contributed by atoms with van der Waals surface area (Å²) in [5.74, 6) is -0.291. The number of benzene rings is 1. The van der Waals surface area contributed by atoms with Crippen LogP contribution in [0.5, 0.6) is 0 Å². The molecule has 1 heterocycles. The van der Waals surface area contributed by atoms with E-state index in [9.17, 15) is 8.78 Å². The zero-order chi connectivity index (χ0) is 15.2. The molecule has 0 atom stereocenters. The highest BCUT2D eigenvalue weighted by Crippen LogP contribution is 2.23. The molecule has 0 saturated carbocycles. The first kappa shape index (κ1) is 15.1. The van der Waals surface area contributed by atoms with E-state index in [1.54, 1.807) is 6.07 Å². The monoisotopic (exact) mass is 289 g/mol. The zero-order valence-corrected chi connectivity index (χ0v) is 12.0. The van der Waals surface area contributed by atoms with Crippen LogP contribution in [0.2, 0.25) is 0 Å². The number of allylic oxidation sites excluding steroid dienone is 3. The number of halogens is 2. The molecule has 5 heteroatoms. The fourth-order valence-electron chi connectivity index (χ4n) is 1.97. The van der Waals surface area contributed by atoms with Gasteiger partial charge in [0.05, 0.1) is 10.9 Å². The Bertz CT molecular complexity index is 693. The summed E-state index contributed by atoms with van der Waals surface area (Å²) in [6.07, 6.45) is 5.80. The van der Waals surface area contributed by atoms with E-state index in [1.165, 1.54) is 12.1 Å². The number of nitrogens with one attached hydrogen (secondary N) is 1. The van der Waals surface area contributed by atoms with Crippen molar-refractivity contribution in [3.05, 3.63) is 53.9 Å². The molecule has 3 nitrogen and oxygen atoms in total. The standard InChI is InChI=1S/C16H17F2N3/c1-3-5-7-11(4-2)10-19-15-14-12(17)8-6-9-13(14)20-16(18)21-15/h3,5-9H,4,10H2,1-2H3,(H,19,20,21)/b5-3-,11-7+. The normalized spacial score (nSPS) is 12.3. The lowest BCUT2D eigenvalue weighted by Crippen LogP contribution is -2.08. The van der Waals surface area contributed by atoms with Gasteiger partial charge in [-0.1, -0.05) is 36.8 Å². The highest BCUT2D eigenvalue weighted by molar-refractivity contribution is 5.89. The van der Waals surface area contributed by atoms with Crippen molar-refractivity contribution in [2.45, 2.75) is 20.3 Å². The third-order valence-electron chi connectivity index (χ3n) is 3.11. The third kappa shape index (κ3) is 3.62. The quantitative estimate of drug-likeness (QED) is 0.661. The Morgan fingerprint density at radius 1 is 1.29 bits per heavy atom. The number of hydrogen-bond donors (Lipinski definition) is 1. The minimum absolute atomic E-state index is 0.176. The van der Waals surface area contributed by atoms with Gasteiger partial charge in [0.25, 0.3) is 0 Å². The number of hydrogen-bond acceptors (Lipinski definition) is 3.